The van der Waals surface area contributed by atoms with Gasteiger partial charge in [0.1, 0.15) is 11.4 Å². The Morgan fingerprint density at radius 3 is 2.56 bits per heavy atom. The zero-order valence-corrected chi connectivity index (χ0v) is 18.6. The lowest BCUT2D eigenvalue weighted by Gasteiger charge is -2.28. The number of esters is 1. The molecule has 2 rings (SSSR count). The lowest BCUT2D eigenvalue weighted by atomic mass is 9.79. The van der Waals surface area contributed by atoms with Crippen LogP contribution < -0.4 is 5.32 Å². The number of alkyl halides is 3. The first kappa shape index (κ1) is 25.3. The molecule has 11 heteroatoms. The summed E-state index contributed by atoms with van der Waals surface area (Å²) in [5, 5.41) is 18.7. The first-order valence-corrected chi connectivity index (χ1v) is 9.78. The molecule has 0 aromatic heterocycles. The number of aliphatic hydroxyl groups is 1. The third kappa shape index (κ3) is 6.06. The second-order valence-electron chi connectivity index (χ2n) is 8.56. The number of allylic oxidation sites excluding steroid dienone is 2. The molecule has 0 aromatic rings. The van der Waals surface area contributed by atoms with E-state index in [9.17, 15) is 27.9 Å². The number of aliphatic imine (C=N–C) groups is 1. The predicted octanol–water partition coefficient (Wildman–Crippen LogP) is 2.48. The highest BCUT2D eigenvalue weighted by atomic mass is 19.4. The smallest absolute Gasteiger partial charge is 0.432 e. The summed E-state index contributed by atoms with van der Waals surface area (Å²) in [4.78, 5) is 28.0. The van der Waals surface area contributed by atoms with Crippen molar-refractivity contribution in [1.82, 2.24) is 10.3 Å². The zero-order chi connectivity index (χ0) is 24.5. The first-order chi connectivity index (χ1) is 14.6. The van der Waals surface area contributed by atoms with Crippen LogP contribution in [0.15, 0.2) is 45.8 Å². The third-order valence-corrected chi connectivity index (χ3v) is 4.97. The molecule has 176 valence electrons. The maximum atomic E-state index is 12.7. The van der Waals surface area contributed by atoms with Gasteiger partial charge >= 0.3 is 12.1 Å². The molecule has 0 saturated heterocycles. The Morgan fingerprint density at radius 2 is 2.03 bits per heavy atom. The molecule has 1 heterocycles. The van der Waals surface area contributed by atoms with Gasteiger partial charge < -0.3 is 15.2 Å². The molecule has 0 radical (unpaired) electrons. The number of nitrogens with one attached hydrogen (secondary N) is 1. The van der Waals surface area contributed by atoms with E-state index in [2.05, 4.69) is 22.0 Å². The van der Waals surface area contributed by atoms with Gasteiger partial charge in [-0.25, -0.2) is 9.79 Å². The van der Waals surface area contributed by atoms with Crippen molar-refractivity contribution in [2.24, 2.45) is 15.5 Å². The Hall–Kier alpha value is -2.95. The second kappa shape index (κ2) is 8.89. The standard InChI is InChI=1S/C21H27F3N4O4/c1-12(25-13(2)21(22,23)24)17(29)26-15-10-20(5)11-28(8-7-19(3,4)31)27-16(20)9-14(15)18(30)32-6/h9-10,31H,2,7-8,11H2,1,3-6H3,(H,26,29). The molecule has 8 nitrogen and oxygen atoms in total. The molecule has 0 aromatic carbocycles. The van der Waals surface area contributed by atoms with Crippen LogP contribution in [0.1, 0.15) is 34.1 Å². The van der Waals surface area contributed by atoms with Gasteiger partial charge in [0.2, 0.25) is 0 Å². The summed E-state index contributed by atoms with van der Waals surface area (Å²) in [6, 6.07) is 0. The van der Waals surface area contributed by atoms with Crippen LogP contribution in [0.2, 0.25) is 0 Å². The summed E-state index contributed by atoms with van der Waals surface area (Å²) in [5.74, 6) is -1.66. The van der Waals surface area contributed by atoms with E-state index in [0.717, 1.165) is 6.92 Å². The molecule has 1 aliphatic heterocycles. The lowest BCUT2D eigenvalue weighted by molar-refractivity contribution is -0.135. The van der Waals surface area contributed by atoms with Gasteiger partial charge in [-0.05, 0) is 46.3 Å². The second-order valence-corrected chi connectivity index (χ2v) is 8.56. The van der Waals surface area contributed by atoms with Crippen molar-refractivity contribution in [3.8, 4) is 0 Å². The Morgan fingerprint density at radius 1 is 1.41 bits per heavy atom. The molecule has 1 aliphatic carbocycles. The van der Waals surface area contributed by atoms with E-state index in [1.807, 2.05) is 6.92 Å². The normalized spacial score (nSPS) is 21.3. The summed E-state index contributed by atoms with van der Waals surface area (Å²) in [6.45, 7) is 10.0. The Balaban J connectivity index is 2.30. The molecule has 0 bridgehead atoms. The fourth-order valence-electron chi connectivity index (χ4n) is 3.13. The van der Waals surface area contributed by atoms with Crippen molar-refractivity contribution in [1.29, 1.82) is 0 Å². The summed E-state index contributed by atoms with van der Waals surface area (Å²) in [7, 11) is 1.17. The molecule has 0 fully saturated rings. The summed E-state index contributed by atoms with van der Waals surface area (Å²) >= 11 is 0. The van der Waals surface area contributed by atoms with Gasteiger partial charge in [0.25, 0.3) is 5.91 Å². The predicted molar refractivity (Wildman–Crippen MR) is 113 cm³/mol. The van der Waals surface area contributed by atoms with Crippen molar-refractivity contribution >= 4 is 23.3 Å². The van der Waals surface area contributed by atoms with Crippen LogP contribution in [0.25, 0.3) is 0 Å². The maximum Gasteiger partial charge on any atom is 0.432 e. The van der Waals surface area contributed by atoms with E-state index in [4.69, 9.17) is 4.74 Å². The molecule has 1 unspecified atom stereocenters. The van der Waals surface area contributed by atoms with E-state index in [1.54, 1.807) is 24.9 Å². The number of halogens is 3. The molecular weight excluding hydrogens is 429 g/mol. The minimum absolute atomic E-state index is 0.00357. The molecule has 0 saturated carbocycles. The number of rotatable bonds is 7. The number of fused-ring (bicyclic) bond motifs is 1. The number of ether oxygens (including phenoxy) is 1. The molecule has 0 spiro atoms. The van der Waals surface area contributed by atoms with Crippen LogP contribution >= 0.6 is 0 Å². The van der Waals surface area contributed by atoms with E-state index >= 15 is 0 Å². The fraction of sp³-hybridized carbons (Fsp3) is 0.524. The van der Waals surface area contributed by atoms with Gasteiger partial charge in [-0.3, -0.25) is 9.80 Å². The van der Waals surface area contributed by atoms with E-state index < -0.39 is 40.5 Å². The number of hydrogen-bond acceptors (Lipinski definition) is 7. The topological polar surface area (TPSA) is 104 Å². The van der Waals surface area contributed by atoms with Crippen molar-refractivity contribution in [3.63, 3.8) is 0 Å². The van der Waals surface area contributed by atoms with Crippen LogP contribution in [-0.2, 0) is 14.3 Å². The van der Waals surface area contributed by atoms with Gasteiger partial charge in [-0.2, -0.15) is 18.3 Å². The monoisotopic (exact) mass is 456 g/mol. The molecule has 1 atom stereocenters. The summed E-state index contributed by atoms with van der Waals surface area (Å²) in [5.41, 5.74) is -2.80. The number of hydrogen-bond donors (Lipinski definition) is 2. The first-order valence-electron chi connectivity index (χ1n) is 9.78. The highest BCUT2D eigenvalue weighted by molar-refractivity contribution is 6.38. The largest absolute Gasteiger partial charge is 0.465 e. The maximum absolute atomic E-state index is 12.7. The van der Waals surface area contributed by atoms with Crippen LogP contribution in [0.4, 0.5) is 13.2 Å². The Labute approximate surface area is 184 Å². The fourth-order valence-corrected chi connectivity index (χ4v) is 3.13. The number of nitrogens with zero attached hydrogens (tertiary/aromatic N) is 3. The van der Waals surface area contributed by atoms with Gasteiger partial charge in [0.15, 0.2) is 0 Å². The van der Waals surface area contributed by atoms with Crippen molar-refractivity contribution in [3.05, 3.63) is 35.7 Å². The quantitative estimate of drug-likeness (QED) is 0.453. The number of carbonyl (C=O) groups is 2. The Bertz CT molecular complexity index is 942. The average Bonchev–Trinajstić information content (AvgIpc) is 2.98. The third-order valence-electron chi connectivity index (χ3n) is 4.97. The molecule has 2 N–H and O–H groups in total. The molecule has 32 heavy (non-hydrogen) atoms. The van der Waals surface area contributed by atoms with Gasteiger partial charge in [0, 0.05) is 6.54 Å². The van der Waals surface area contributed by atoms with Gasteiger partial charge in [-0.15, -0.1) is 0 Å². The average molecular weight is 456 g/mol. The van der Waals surface area contributed by atoms with Crippen molar-refractivity contribution < 1.29 is 32.6 Å². The number of methoxy groups -OCH3 is 1. The van der Waals surface area contributed by atoms with Crippen LogP contribution in [0.5, 0.6) is 0 Å². The molecular formula is C21H27F3N4O4. The van der Waals surface area contributed by atoms with Crippen LogP contribution in [-0.4, -0.2) is 65.4 Å². The Kier molecular flexibility index (Phi) is 7.03. The van der Waals surface area contributed by atoms with E-state index in [1.165, 1.54) is 13.2 Å². The van der Waals surface area contributed by atoms with Gasteiger partial charge in [0.05, 0.1) is 41.7 Å². The van der Waals surface area contributed by atoms with Crippen molar-refractivity contribution in [2.45, 2.75) is 45.9 Å². The SMILES string of the molecule is C=C(N=C(C)C(=O)NC1=CC2(C)CN(CCC(C)(C)O)N=C2C=C1C(=O)OC)C(F)(F)F. The summed E-state index contributed by atoms with van der Waals surface area (Å²) < 4.78 is 42.8. The lowest BCUT2D eigenvalue weighted by Crippen LogP contribution is -2.38. The molecule has 2 aliphatic rings. The van der Waals surface area contributed by atoms with Crippen LogP contribution in [0, 0.1) is 5.41 Å². The number of carbonyl (C=O) groups excluding carboxylic acids is 2. The van der Waals surface area contributed by atoms with Crippen LogP contribution in [0.3, 0.4) is 0 Å². The number of amides is 1. The van der Waals surface area contributed by atoms with E-state index in [-0.39, 0.29) is 11.3 Å². The van der Waals surface area contributed by atoms with E-state index in [0.29, 0.717) is 25.2 Å². The number of hydrazone groups is 1. The highest BCUT2D eigenvalue weighted by Crippen LogP contribution is 2.36. The minimum atomic E-state index is -4.77. The minimum Gasteiger partial charge on any atom is -0.465 e. The highest BCUT2D eigenvalue weighted by Gasteiger charge is 2.41. The van der Waals surface area contributed by atoms with Gasteiger partial charge in [-0.1, -0.05) is 6.58 Å². The summed E-state index contributed by atoms with van der Waals surface area (Å²) in [6.07, 6.45) is -1.21. The van der Waals surface area contributed by atoms with Crippen molar-refractivity contribution in [2.75, 3.05) is 20.2 Å². The molecule has 1 amide bonds. The zero-order valence-electron chi connectivity index (χ0n) is 18.6.